The number of morpholine rings is 1. The molecule has 4 atom stereocenters. The maximum atomic E-state index is 15.0. The molecule has 5 heterocycles. The molecule has 2 aliphatic rings. The predicted molar refractivity (Wildman–Crippen MR) is 280 cm³/mol. The van der Waals surface area contributed by atoms with Gasteiger partial charge in [-0.2, -0.15) is 0 Å². The smallest absolute Gasteiger partial charge is 0.329 e. The van der Waals surface area contributed by atoms with Gasteiger partial charge in [-0.25, -0.2) is 26.6 Å². The van der Waals surface area contributed by atoms with Gasteiger partial charge in [0.25, 0.3) is 5.91 Å². The number of aromatic nitrogens is 4. The van der Waals surface area contributed by atoms with Crippen LogP contribution in [0.5, 0.6) is 0 Å². The number of thiazole rings is 1. The van der Waals surface area contributed by atoms with Gasteiger partial charge in [-0.1, -0.05) is 24.3 Å². The minimum atomic E-state index is -3.82. The van der Waals surface area contributed by atoms with E-state index < -0.39 is 50.9 Å². The Labute approximate surface area is 427 Å². The third-order valence-electron chi connectivity index (χ3n) is 13.3. The van der Waals surface area contributed by atoms with Crippen molar-refractivity contribution in [1.29, 1.82) is 0 Å². The van der Waals surface area contributed by atoms with Crippen molar-refractivity contribution >= 4 is 77.7 Å². The SMILES string of the molecule is CC(C)S(=O)(=O)n1cc(C(=O)N[C@@H](CCCCNCCCOCCCc2ccc3c(c2)n(C)c(=O)n3C2CCC(=O)NC2=O)C(=O)Nc2nc(-c3cc(F)cc(N4C[C@@H](C)O[C@@H](C)C4)c3)cs2)c2ccccc21. The van der Waals surface area contributed by atoms with Crippen LogP contribution < -0.4 is 31.9 Å². The van der Waals surface area contributed by atoms with Gasteiger partial charge in [0.05, 0.1) is 45.3 Å². The minimum Gasteiger partial charge on any atom is -0.381 e. The molecule has 18 nitrogen and oxygen atoms in total. The molecule has 1 unspecified atom stereocenters. The summed E-state index contributed by atoms with van der Waals surface area (Å²) in [4.78, 5) is 72.2. The Morgan fingerprint density at radius 1 is 0.945 bits per heavy atom. The van der Waals surface area contributed by atoms with Gasteiger partial charge >= 0.3 is 5.69 Å². The summed E-state index contributed by atoms with van der Waals surface area (Å²) in [6, 6.07) is 15.6. The van der Waals surface area contributed by atoms with Crippen molar-refractivity contribution in [3.8, 4) is 11.3 Å². The molecule has 8 rings (SSSR count). The van der Waals surface area contributed by atoms with E-state index in [1.165, 1.54) is 38.8 Å². The number of nitrogens with zero attached hydrogens (tertiary/aromatic N) is 5. The zero-order valence-electron chi connectivity index (χ0n) is 41.8. The third kappa shape index (κ3) is 12.4. The van der Waals surface area contributed by atoms with Gasteiger partial charge in [-0.15, -0.1) is 11.3 Å². The molecule has 0 saturated carbocycles. The van der Waals surface area contributed by atoms with Crippen LogP contribution in [0.2, 0.25) is 0 Å². The standard InChI is InChI=1S/C52H64FN9O9S2/c1-32(2)73(68,69)61-30-40(39-13-6-7-15-43(39)61)48(64)55-41(49(65)58-51-56-42(31-72-51)36-25-37(53)27-38(26-36)60-28-33(3)71-34(4)29-60)14-8-9-20-54-21-11-23-70-22-10-12-35-16-17-44-46(24-35)59(5)52(67)62(44)45-18-19-47(63)57-50(45)66/h6-7,13,15-17,24-27,30-34,41,45,54H,8-12,14,18-23,28-29H2,1-5H3,(H,55,64)(H,56,58,65)(H,57,63,66)/t33-,34+,41-,45?/m0/s1. The monoisotopic (exact) mass is 1040 g/mol. The van der Waals surface area contributed by atoms with Crippen molar-refractivity contribution in [2.45, 2.75) is 109 Å². The Kier molecular flexibility index (Phi) is 16.9. The van der Waals surface area contributed by atoms with Crippen molar-refractivity contribution in [3.63, 3.8) is 0 Å². The number of amides is 4. The van der Waals surface area contributed by atoms with E-state index in [1.807, 2.05) is 38.1 Å². The van der Waals surface area contributed by atoms with E-state index in [2.05, 4.69) is 31.2 Å². The normalized spacial score (nSPS) is 17.9. The van der Waals surface area contributed by atoms with Crippen molar-refractivity contribution in [2.75, 3.05) is 49.6 Å². The molecule has 0 aliphatic carbocycles. The van der Waals surface area contributed by atoms with Crippen LogP contribution in [-0.4, -0.2) is 113 Å². The third-order valence-corrected chi connectivity index (χ3v) is 16.1. The zero-order valence-corrected chi connectivity index (χ0v) is 43.5. The number of unbranched alkanes of at least 4 members (excludes halogenated alkanes) is 1. The molecule has 4 N–H and O–H groups in total. The Balaban J connectivity index is 0.832. The van der Waals surface area contributed by atoms with Gasteiger partial charge in [-0.05, 0) is 128 Å². The van der Waals surface area contributed by atoms with Crippen LogP contribution in [0.25, 0.3) is 33.2 Å². The first-order valence-corrected chi connectivity index (χ1v) is 27.3. The quantitative estimate of drug-likeness (QED) is 0.0437. The molecule has 73 heavy (non-hydrogen) atoms. The number of fused-ring (bicyclic) bond motifs is 2. The zero-order chi connectivity index (χ0) is 52.0. The summed E-state index contributed by atoms with van der Waals surface area (Å²) in [7, 11) is -2.14. The molecule has 21 heteroatoms. The lowest BCUT2D eigenvalue weighted by atomic mass is 10.1. The number of nitrogens with one attached hydrogen (secondary N) is 4. The van der Waals surface area contributed by atoms with Crippen LogP contribution in [-0.2, 0) is 47.3 Å². The Morgan fingerprint density at radius 3 is 2.47 bits per heavy atom. The Bertz CT molecular complexity index is 3150. The van der Waals surface area contributed by atoms with E-state index in [1.54, 1.807) is 50.5 Å². The van der Waals surface area contributed by atoms with Gasteiger partial charge in [0.2, 0.25) is 27.7 Å². The second-order valence-corrected chi connectivity index (χ2v) is 22.4. The number of ether oxygens (including phenoxy) is 2. The van der Waals surface area contributed by atoms with E-state index in [0.717, 1.165) is 34.3 Å². The van der Waals surface area contributed by atoms with Gasteiger partial charge in [0, 0.05) is 68.0 Å². The maximum absolute atomic E-state index is 15.0. The number of piperidine rings is 1. The average Bonchev–Trinajstić information content (AvgIpc) is 4.05. The number of para-hydroxylation sites is 1. The van der Waals surface area contributed by atoms with Gasteiger partial charge in [-0.3, -0.25) is 33.6 Å². The summed E-state index contributed by atoms with van der Waals surface area (Å²) >= 11 is 1.18. The molecule has 2 fully saturated rings. The molecule has 6 aromatic rings. The summed E-state index contributed by atoms with van der Waals surface area (Å²) in [5.74, 6) is -2.30. The molecule has 3 aromatic heterocycles. The molecule has 0 radical (unpaired) electrons. The highest BCUT2D eigenvalue weighted by Crippen LogP contribution is 2.32. The van der Waals surface area contributed by atoms with Crippen LogP contribution in [0.1, 0.15) is 94.6 Å². The fourth-order valence-electron chi connectivity index (χ4n) is 9.52. The first kappa shape index (κ1) is 53.0. The molecule has 390 valence electrons. The molecule has 2 aliphatic heterocycles. The summed E-state index contributed by atoms with van der Waals surface area (Å²) in [5, 5.41) is 13.2. The number of carbonyl (C=O) groups is 4. The number of aryl methyl sites for hydroxylation is 2. The summed E-state index contributed by atoms with van der Waals surface area (Å²) in [6.45, 7) is 10.8. The highest BCUT2D eigenvalue weighted by Gasteiger charge is 2.32. The maximum Gasteiger partial charge on any atom is 0.329 e. The average molecular weight is 1040 g/mol. The highest BCUT2D eigenvalue weighted by molar-refractivity contribution is 7.90. The molecule has 0 spiro atoms. The molecule has 4 amide bonds. The second kappa shape index (κ2) is 23.3. The number of anilines is 2. The Hall–Kier alpha value is -6.26. The van der Waals surface area contributed by atoms with Crippen LogP contribution in [0.15, 0.2) is 77.0 Å². The number of carbonyl (C=O) groups excluding carboxylic acids is 4. The molecule has 0 bridgehead atoms. The molecule has 3 aromatic carbocycles. The number of imide groups is 1. The van der Waals surface area contributed by atoms with E-state index in [-0.39, 0.29) is 53.8 Å². The first-order chi connectivity index (χ1) is 35.0. The predicted octanol–water partition coefficient (Wildman–Crippen LogP) is 6.27. The first-order valence-electron chi connectivity index (χ1n) is 24.9. The fraction of sp³-hybridized carbons (Fsp3) is 0.462. The van der Waals surface area contributed by atoms with Crippen LogP contribution in [0.4, 0.5) is 15.2 Å². The fourth-order valence-corrected chi connectivity index (χ4v) is 11.4. The summed E-state index contributed by atoms with van der Waals surface area (Å²) < 4.78 is 57.6. The summed E-state index contributed by atoms with van der Waals surface area (Å²) in [5.41, 5.74) is 4.34. The van der Waals surface area contributed by atoms with Crippen LogP contribution in [0, 0.1) is 5.82 Å². The number of imidazole rings is 1. The van der Waals surface area contributed by atoms with Gasteiger partial charge in [0.15, 0.2) is 5.13 Å². The van der Waals surface area contributed by atoms with E-state index in [0.29, 0.717) is 85.6 Å². The number of hydrogen-bond donors (Lipinski definition) is 4. The molecular formula is C52H64FN9O9S2. The van der Waals surface area contributed by atoms with Crippen molar-refractivity contribution in [1.82, 2.24) is 34.0 Å². The largest absolute Gasteiger partial charge is 0.381 e. The number of hydrogen-bond acceptors (Lipinski definition) is 13. The number of halogens is 1. The number of benzene rings is 3. The van der Waals surface area contributed by atoms with E-state index >= 15 is 4.39 Å². The topological polar surface area (TPSA) is 217 Å². The number of rotatable bonds is 22. The van der Waals surface area contributed by atoms with Crippen molar-refractivity contribution < 1.29 is 41.5 Å². The van der Waals surface area contributed by atoms with Gasteiger partial charge in [0.1, 0.15) is 17.9 Å². The lowest BCUT2D eigenvalue weighted by molar-refractivity contribution is -0.135. The summed E-state index contributed by atoms with van der Waals surface area (Å²) in [6.07, 6.45) is 5.59. The van der Waals surface area contributed by atoms with Gasteiger partial charge < -0.3 is 30.3 Å². The molecule has 2 saturated heterocycles. The van der Waals surface area contributed by atoms with Crippen molar-refractivity contribution in [3.05, 3.63) is 99.7 Å². The highest BCUT2D eigenvalue weighted by atomic mass is 32.2. The van der Waals surface area contributed by atoms with Crippen molar-refractivity contribution in [2.24, 2.45) is 7.05 Å². The Morgan fingerprint density at radius 2 is 1.70 bits per heavy atom. The second-order valence-electron chi connectivity index (χ2n) is 19.2. The van der Waals surface area contributed by atoms with E-state index in [4.69, 9.17) is 9.47 Å². The lowest BCUT2D eigenvalue weighted by Gasteiger charge is -2.37. The lowest BCUT2D eigenvalue weighted by Crippen LogP contribution is -2.45. The minimum absolute atomic E-state index is 0.0174. The van der Waals surface area contributed by atoms with Crippen LogP contribution in [0.3, 0.4) is 0 Å². The van der Waals surface area contributed by atoms with Crippen LogP contribution >= 0.6 is 11.3 Å². The van der Waals surface area contributed by atoms with E-state index in [9.17, 15) is 32.4 Å². The molecular weight excluding hydrogens is 978 g/mol.